The summed E-state index contributed by atoms with van der Waals surface area (Å²) in [4.78, 5) is 0. The minimum atomic E-state index is -8.62. The quantitative estimate of drug-likeness (QED) is 0.477. The van der Waals surface area contributed by atoms with Gasteiger partial charge in [-0.2, -0.15) is 74.6 Å². The molecule has 0 aromatic rings. The van der Waals surface area contributed by atoms with E-state index in [4.69, 9.17) is 5.11 Å². The van der Waals surface area contributed by atoms with Crippen molar-refractivity contribution in [2.45, 2.75) is 54.1 Å². The maximum absolute atomic E-state index is 13.1. The van der Waals surface area contributed by atoms with Crippen molar-refractivity contribution < 1.29 is 79.7 Å². The van der Waals surface area contributed by atoms with Crippen molar-refractivity contribution in [3.8, 4) is 0 Å². The van der Waals surface area contributed by atoms with Crippen LogP contribution in [-0.4, -0.2) is 59.3 Å². The van der Waals surface area contributed by atoms with Crippen molar-refractivity contribution >= 4 is 0 Å². The van der Waals surface area contributed by atoms with E-state index in [0.29, 0.717) is 0 Å². The minimum absolute atomic E-state index is 2.16. The van der Waals surface area contributed by atoms with Gasteiger partial charge in [0.25, 0.3) is 0 Å². The number of hydrogen-bond acceptors (Lipinski definition) is 1. The molecule has 0 saturated heterocycles. The zero-order chi connectivity index (χ0) is 23.4. The van der Waals surface area contributed by atoms with Crippen LogP contribution in [0.4, 0.5) is 74.6 Å². The van der Waals surface area contributed by atoms with Crippen LogP contribution in [0.1, 0.15) is 6.42 Å². The van der Waals surface area contributed by atoms with Gasteiger partial charge >= 0.3 is 47.6 Å². The molecule has 0 aliphatic heterocycles. The van der Waals surface area contributed by atoms with Gasteiger partial charge in [0.15, 0.2) is 0 Å². The summed E-state index contributed by atoms with van der Waals surface area (Å²) in [6.07, 6.45) is -10.6. The Morgan fingerprint density at radius 3 is 1.07 bits per heavy atom. The molecule has 0 spiro atoms. The maximum atomic E-state index is 13.1. The van der Waals surface area contributed by atoms with Crippen LogP contribution in [0, 0.1) is 0 Å². The van der Waals surface area contributed by atoms with Crippen LogP contribution in [0.25, 0.3) is 0 Å². The molecule has 0 saturated carbocycles. The molecule has 1 nitrogen and oxygen atoms in total. The fourth-order valence-electron chi connectivity index (χ4n) is 1.49. The molecule has 0 bridgehead atoms. The lowest BCUT2D eigenvalue weighted by molar-refractivity contribution is -0.461. The Morgan fingerprint density at radius 2 is 0.786 bits per heavy atom. The Labute approximate surface area is 142 Å². The molecule has 170 valence electrons. The monoisotopic (exact) mass is 466 g/mol. The zero-order valence-electron chi connectivity index (χ0n) is 12.3. The van der Waals surface area contributed by atoms with Gasteiger partial charge in [-0.25, -0.2) is 0 Å². The lowest BCUT2D eigenvalue weighted by Crippen LogP contribution is -2.74. The van der Waals surface area contributed by atoms with Gasteiger partial charge < -0.3 is 5.11 Å². The first-order valence-corrected chi connectivity index (χ1v) is 6.13. The number of alkyl halides is 17. The Balaban J connectivity index is 6.63. The minimum Gasteiger partial charge on any atom is -0.396 e. The first kappa shape index (κ1) is 26.8. The fourth-order valence-corrected chi connectivity index (χ4v) is 1.49. The highest BCUT2D eigenvalue weighted by Gasteiger charge is 2.95. The summed E-state index contributed by atoms with van der Waals surface area (Å²) in [5.41, 5.74) is 0. The maximum Gasteiger partial charge on any atom is 0.460 e. The van der Waals surface area contributed by atoms with Crippen molar-refractivity contribution in [1.29, 1.82) is 0 Å². The fraction of sp³-hybridized carbons (Fsp3) is 1.00. The standard InChI is InChI=1S/C10H5F17O/c11-3(12,1-2-28)4(13,14)5(15,16)6(17,18)7(19,20)8(21,22)9(23,24)10(25,26)27/h28H,1-2H2/i3+2. The van der Waals surface area contributed by atoms with Gasteiger partial charge in [-0.15, -0.1) is 0 Å². The Kier molecular flexibility index (Phi) is 6.36. The summed E-state index contributed by atoms with van der Waals surface area (Å²) in [6.45, 7) is -2.16. The highest BCUT2D eigenvalue weighted by molar-refractivity contribution is 5.15. The molecule has 0 radical (unpaired) electrons. The molecule has 1 N–H and O–H groups in total. The van der Waals surface area contributed by atoms with Crippen LogP contribution in [-0.2, 0) is 0 Å². The van der Waals surface area contributed by atoms with Gasteiger partial charge in [-0.1, -0.05) is 0 Å². The number of hydrogen-bond donors (Lipinski definition) is 1. The van der Waals surface area contributed by atoms with Crippen LogP contribution in [0.3, 0.4) is 0 Å². The van der Waals surface area contributed by atoms with E-state index in [0.717, 1.165) is 0 Å². The lowest BCUT2D eigenvalue weighted by atomic mass is 9.93. The molecule has 0 aliphatic rings. The normalized spacial score (nSPS) is 16.5. The average Bonchev–Trinajstić information content (AvgIpc) is 2.44. The molecule has 0 aromatic heterocycles. The van der Waals surface area contributed by atoms with Gasteiger partial charge in [-0.05, 0) is 0 Å². The lowest BCUT2D eigenvalue weighted by Gasteiger charge is -2.42. The molecular weight excluding hydrogens is 461 g/mol. The highest BCUT2D eigenvalue weighted by Crippen LogP contribution is 2.64. The van der Waals surface area contributed by atoms with Gasteiger partial charge in [0, 0.05) is 13.0 Å². The van der Waals surface area contributed by atoms with Crippen molar-refractivity contribution in [1.82, 2.24) is 0 Å². The summed E-state index contributed by atoms with van der Waals surface area (Å²) in [7, 11) is 0. The van der Waals surface area contributed by atoms with Gasteiger partial charge in [0.1, 0.15) is 0 Å². The molecule has 28 heavy (non-hydrogen) atoms. The number of halogens is 17. The van der Waals surface area contributed by atoms with E-state index in [1.54, 1.807) is 0 Å². The predicted octanol–water partition coefficient (Wildman–Crippen LogP) is 5.38. The summed E-state index contributed by atoms with van der Waals surface area (Å²) >= 11 is 0. The topological polar surface area (TPSA) is 20.2 Å². The molecule has 18 heteroatoms. The third kappa shape index (κ3) is 3.24. The molecule has 0 amide bonds. The Hall–Kier alpha value is -1.23. The van der Waals surface area contributed by atoms with E-state index in [1.807, 2.05) is 0 Å². The number of aliphatic hydroxyl groups excluding tert-OH is 1. The van der Waals surface area contributed by atoms with E-state index < -0.39 is 60.7 Å². The predicted molar refractivity (Wildman–Crippen MR) is 52.4 cm³/mol. The second kappa shape index (κ2) is 6.65. The largest absolute Gasteiger partial charge is 0.460 e. The van der Waals surface area contributed by atoms with Crippen molar-refractivity contribution in [3.63, 3.8) is 0 Å². The third-order valence-electron chi connectivity index (χ3n) is 3.21. The summed E-state index contributed by atoms with van der Waals surface area (Å²) < 4.78 is 216. The van der Waals surface area contributed by atoms with Gasteiger partial charge in [0.05, 0.1) is 0 Å². The van der Waals surface area contributed by atoms with Crippen molar-refractivity contribution in [2.75, 3.05) is 6.61 Å². The van der Waals surface area contributed by atoms with Crippen LogP contribution in [0.5, 0.6) is 0 Å². The van der Waals surface area contributed by atoms with Crippen LogP contribution in [0.2, 0.25) is 0 Å². The third-order valence-corrected chi connectivity index (χ3v) is 3.21. The average molecular weight is 466 g/mol. The summed E-state index contributed by atoms with van der Waals surface area (Å²) in [5, 5.41) is 7.98. The summed E-state index contributed by atoms with van der Waals surface area (Å²) in [5.74, 6) is -56.4. The first-order valence-electron chi connectivity index (χ1n) is 6.13. The van der Waals surface area contributed by atoms with Crippen LogP contribution >= 0.6 is 0 Å². The summed E-state index contributed by atoms with van der Waals surface area (Å²) in [6, 6.07) is 0. The molecule has 0 rings (SSSR count). The molecule has 0 aliphatic carbocycles. The molecule has 0 heterocycles. The number of rotatable bonds is 8. The van der Waals surface area contributed by atoms with Gasteiger partial charge in [-0.3, -0.25) is 0 Å². The molecular formula is C10H5F17O. The van der Waals surface area contributed by atoms with Gasteiger partial charge in [0.2, 0.25) is 0 Å². The molecule has 0 fully saturated rings. The number of aliphatic hydroxyl groups is 1. The first-order chi connectivity index (χ1) is 11.8. The second-order valence-electron chi connectivity index (χ2n) is 5.12. The van der Waals surface area contributed by atoms with Crippen molar-refractivity contribution in [2.24, 2.45) is 0 Å². The molecule has 0 atom stereocenters. The SMILES string of the molecule is OCC[14C](F)(F)C(F)(F)C(F)(F)C(F)(F)C(F)(F)C(F)(F)C(F)(F)C(F)(F)F. The van der Waals surface area contributed by atoms with E-state index in [1.165, 1.54) is 0 Å². The van der Waals surface area contributed by atoms with Crippen LogP contribution in [0.15, 0.2) is 0 Å². The van der Waals surface area contributed by atoms with E-state index in [2.05, 4.69) is 0 Å². The van der Waals surface area contributed by atoms with E-state index >= 15 is 0 Å². The van der Waals surface area contributed by atoms with Crippen LogP contribution < -0.4 is 0 Å². The molecule has 0 unspecified atom stereocenters. The van der Waals surface area contributed by atoms with Crippen molar-refractivity contribution in [3.05, 3.63) is 0 Å². The van der Waals surface area contributed by atoms with E-state index in [9.17, 15) is 74.6 Å². The zero-order valence-corrected chi connectivity index (χ0v) is 12.3. The highest BCUT2D eigenvalue weighted by atomic mass is 19.4. The second-order valence-corrected chi connectivity index (χ2v) is 5.12. The smallest absolute Gasteiger partial charge is 0.396 e. The Morgan fingerprint density at radius 1 is 0.500 bits per heavy atom. The molecule has 0 aromatic carbocycles. The Bertz CT molecular complexity index is 559. The van der Waals surface area contributed by atoms with E-state index in [-0.39, 0.29) is 0 Å².